The average molecular weight is 228 g/mol. The van der Waals surface area contributed by atoms with Gasteiger partial charge in [0.15, 0.2) is 0 Å². The molecule has 0 heterocycles. The number of carbonyl (C=O) groups is 1. The molecule has 0 spiro atoms. The van der Waals surface area contributed by atoms with Crippen LogP contribution in [0.5, 0.6) is 0 Å². The van der Waals surface area contributed by atoms with E-state index in [1.165, 1.54) is 0 Å². The topological polar surface area (TPSA) is 44.1 Å². The molecule has 0 fully saturated rings. The maximum absolute atomic E-state index is 11.7. The van der Waals surface area contributed by atoms with E-state index in [-0.39, 0.29) is 5.91 Å². The van der Waals surface area contributed by atoms with Crippen molar-refractivity contribution in [2.24, 2.45) is 0 Å². The molecular weight excluding hydrogens is 208 g/mol. The standard InChI is InChI=1S/C11H20N2OS/c1-3-7-13(8-4-2)11(14)10-15-9-5-6-12/h3-5,7-10H2,1-2H3. The first-order valence-corrected chi connectivity index (χ1v) is 6.64. The zero-order chi connectivity index (χ0) is 11.5. The zero-order valence-electron chi connectivity index (χ0n) is 9.66. The van der Waals surface area contributed by atoms with E-state index in [1.54, 1.807) is 11.8 Å². The second-order valence-electron chi connectivity index (χ2n) is 3.34. The molecule has 4 heteroatoms. The fourth-order valence-electron chi connectivity index (χ4n) is 1.27. The van der Waals surface area contributed by atoms with Crippen LogP contribution in [0.25, 0.3) is 0 Å². The second kappa shape index (κ2) is 9.85. The quantitative estimate of drug-likeness (QED) is 0.599. The summed E-state index contributed by atoms with van der Waals surface area (Å²) in [5.74, 6) is 1.48. The summed E-state index contributed by atoms with van der Waals surface area (Å²) in [5, 5.41) is 8.35. The van der Waals surface area contributed by atoms with Gasteiger partial charge in [-0.3, -0.25) is 4.79 Å². The number of carbonyl (C=O) groups excluding carboxylic acids is 1. The minimum absolute atomic E-state index is 0.210. The maximum Gasteiger partial charge on any atom is 0.232 e. The van der Waals surface area contributed by atoms with Gasteiger partial charge in [0, 0.05) is 25.3 Å². The summed E-state index contributed by atoms with van der Waals surface area (Å²) in [5.41, 5.74) is 0. The number of nitrogens with zero attached hydrogens (tertiary/aromatic N) is 2. The predicted octanol–water partition coefficient (Wildman–Crippen LogP) is 2.28. The molecule has 86 valence electrons. The Balaban J connectivity index is 3.76. The van der Waals surface area contributed by atoms with E-state index in [4.69, 9.17) is 5.26 Å². The molecule has 0 unspecified atom stereocenters. The summed E-state index contributed by atoms with van der Waals surface area (Å²) in [4.78, 5) is 13.6. The molecule has 0 rings (SSSR count). The van der Waals surface area contributed by atoms with Crippen LogP contribution >= 0.6 is 11.8 Å². The Morgan fingerprint density at radius 3 is 2.40 bits per heavy atom. The highest BCUT2D eigenvalue weighted by molar-refractivity contribution is 7.99. The lowest BCUT2D eigenvalue weighted by Gasteiger charge is -2.21. The van der Waals surface area contributed by atoms with Gasteiger partial charge >= 0.3 is 0 Å². The lowest BCUT2D eigenvalue weighted by atomic mass is 10.3. The molecular formula is C11H20N2OS. The van der Waals surface area contributed by atoms with Crippen molar-refractivity contribution in [1.29, 1.82) is 5.26 Å². The zero-order valence-corrected chi connectivity index (χ0v) is 10.5. The summed E-state index contributed by atoms with van der Waals surface area (Å²) in [6, 6.07) is 2.08. The Labute approximate surface area is 96.8 Å². The summed E-state index contributed by atoms with van der Waals surface area (Å²) in [6.07, 6.45) is 2.54. The molecule has 0 aromatic heterocycles. The summed E-state index contributed by atoms with van der Waals surface area (Å²) >= 11 is 1.55. The number of rotatable bonds is 8. The van der Waals surface area contributed by atoms with Crippen molar-refractivity contribution in [1.82, 2.24) is 4.90 Å². The first kappa shape index (κ1) is 14.3. The average Bonchev–Trinajstić information content (AvgIpc) is 2.24. The first-order chi connectivity index (χ1) is 7.26. The number of hydrogen-bond acceptors (Lipinski definition) is 3. The van der Waals surface area contributed by atoms with Crippen molar-refractivity contribution in [3.05, 3.63) is 0 Å². The highest BCUT2D eigenvalue weighted by atomic mass is 32.2. The Bertz CT molecular complexity index is 207. The number of amides is 1. The highest BCUT2D eigenvalue weighted by Gasteiger charge is 2.10. The van der Waals surface area contributed by atoms with Gasteiger partial charge in [-0.15, -0.1) is 0 Å². The summed E-state index contributed by atoms with van der Waals surface area (Å²) < 4.78 is 0. The minimum Gasteiger partial charge on any atom is -0.342 e. The Morgan fingerprint density at radius 1 is 1.33 bits per heavy atom. The normalized spacial score (nSPS) is 9.67. The van der Waals surface area contributed by atoms with Crippen molar-refractivity contribution < 1.29 is 4.79 Å². The van der Waals surface area contributed by atoms with Gasteiger partial charge in [-0.25, -0.2) is 0 Å². The molecule has 0 aromatic rings. The van der Waals surface area contributed by atoms with E-state index in [1.807, 2.05) is 4.90 Å². The summed E-state index contributed by atoms with van der Waals surface area (Å²) in [7, 11) is 0. The van der Waals surface area contributed by atoms with E-state index in [0.29, 0.717) is 12.2 Å². The largest absolute Gasteiger partial charge is 0.342 e. The molecule has 3 nitrogen and oxygen atoms in total. The maximum atomic E-state index is 11.7. The number of thioether (sulfide) groups is 1. The molecule has 0 radical (unpaired) electrons. The molecule has 0 aliphatic rings. The molecule has 0 N–H and O–H groups in total. The number of hydrogen-bond donors (Lipinski definition) is 0. The van der Waals surface area contributed by atoms with Crippen LogP contribution in [0.4, 0.5) is 0 Å². The van der Waals surface area contributed by atoms with Crippen molar-refractivity contribution in [3.63, 3.8) is 0 Å². The van der Waals surface area contributed by atoms with Gasteiger partial charge in [0.25, 0.3) is 0 Å². The SMILES string of the molecule is CCCN(CCC)C(=O)CSCCC#N. The van der Waals surface area contributed by atoms with Crippen LogP contribution in [0.15, 0.2) is 0 Å². The van der Waals surface area contributed by atoms with Crippen molar-refractivity contribution >= 4 is 17.7 Å². The van der Waals surface area contributed by atoms with Crippen molar-refractivity contribution in [2.75, 3.05) is 24.6 Å². The van der Waals surface area contributed by atoms with E-state index < -0.39 is 0 Å². The number of nitriles is 1. The lowest BCUT2D eigenvalue weighted by Crippen LogP contribution is -2.33. The van der Waals surface area contributed by atoms with Crippen LogP contribution in [-0.4, -0.2) is 35.4 Å². The lowest BCUT2D eigenvalue weighted by molar-refractivity contribution is -0.128. The summed E-state index contributed by atoms with van der Waals surface area (Å²) in [6.45, 7) is 5.87. The van der Waals surface area contributed by atoms with Crippen molar-refractivity contribution in [2.45, 2.75) is 33.1 Å². The predicted molar refractivity (Wildman–Crippen MR) is 64.7 cm³/mol. The van der Waals surface area contributed by atoms with Crippen LogP contribution in [0, 0.1) is 11.3 Å². The van der Waals surface area contributed by atoms with Gasteiger partial charge in [-0.2, -0.15) is 17.0 Å². The molecule has 0 bridgehead atoms. The Hall–Kier alpha value is -0.690. The van der Waals surface area contributed by atoms with E-state index in [9.17, 15) is 4.79 Å². The molecule has 0 saturated heterocycles. The molecule has 0 saturated carbocycles. The second-order valence-corrected chi connectivity index (χ2v) is 4.45. The van der Waals surface area contributed by atoms with Gasteiger partial charge in [-0.05, 0) is 12.8 Å². The fourth-order valence-corrected chi connectivity index (χ4v) is 2.01. The van der Waals surface area contributed by atoms with Gasteiger partial charge in [0.2, 0.25) is 5.91 Å². The smallest absolute Gasteiger partial charge is 0.232 e. The molecule has 1 amide bonds. The van der Waals surface area contributed by atoms with Crippen LogP contribution in [0.2, 0.25) is 0 Å². The molecule has 0 aromatic carbocycles. The monoisotopic (exact) mass is 228 g/mol. The van der Waals surface area contributed by atoms with Gasteiger partial charge in [-0.1, -0.05) is 13.8 Å². The van der Waals surface area contributed by atoms with E-state index >= 15 is 0 Å². The molecule has 0 aliphatic heterocycles. The Kier molecular flexibility index (Phi) is 9.40. The van der Waals surface area contributed by atoms with E-state index in [2.05, 4.69) is 19.9 Å². The third-order valence-corrected chi connectivity index (χ3v) is 2.87. The Morgan fingerprint density at radius 2 is 1.93 bits per heavy atom. The van der Waals surface area contributed by atoms with Gasteiger partial charge < -0.3 is 4.90 Å². The van der Waals surface area contributed by atoms with Crippen LogP contribution in [0.3, 0.4) is 0 Å². The van der Waals surface area contributed by atoms with Crippen molar-refractivity contribution in [3.8, 4) is 6.07 Å². The van der Waals surface area contributed by atoms with E-state index in [0.717, 1.165) is 31.7 Å². The highest BCUT2D eigenvalue weighted by Crippen LogP contribution is 2.05. The first-order valence-electron chi connectivity index (χ1n) is 5.48. The third kappa shape index (κ3) is 7.26. The van der Waals surface area contributed by atoms with Gasteiger partial charge in [0.1, 0.15) is 0 Å². The third-order valence-electron chi connectivity index (χ3n) is 1.92. The minimum atomic E-state index is 0.210. The van der Waals surface area contributed by atoms with Gasteiger partial charge in [0.05, 0.1) is 11.8 Å². The fraction of sp³-hybridized carbons (Fsp3) is 0.818. The molecule has 15 heavy (non-hydrogen) atoms. The van der Waals surface area contributed by atoms with Crippen LogP contribution in [0.1, 0.15) is 33.1 Å². The molecule has 0 aliphatic carbocycles. The van der Waals surface area contributed by atoms with Crippen LogP contribution in [-0.2, 0) is 4.79 Å². The molecule has 0 atom stereocenters. The van der Waals surface area contributed by atoms with Crippen LogP contribution < -0.4 is 0 Å².